The highest BCUT2D eigenvalue weighted by Gasteiger charge is 2.22. The predicted octanol–water partition coefficient (Wildman–Crippen LogP) is 2.02. The number of nitrogens with one attached hydrogen (secondary N) is 1. The second kappa shape index (κ2) is 3.25. The van der Waals surface area contributed by atoms with Gasteiger partial charge in [0.05, 0.1) is 11.4 Å². The van der Waals surface area contributed by atoms with Crippen LogP contribution in [-0.4, -0.2) is 21.6 Å². The summed E-state index contributed by atoms with van der Waals surface area (Å²) in [4.78, 5) is 0. The average Bonchev–Trinajstić information content (AvgIpc) is 2.42. The van der Waals surface area contributed by atoms with Gasteiger partial charge in [-0.1, -0.05) is 18.7 Å². The number of hydrogen-bond acceptors (Lipinski definition) is 3. The van der Waals surface area contributed by atoms with Crippen molar-refractivity contribution in [2.45, 2.75) is 30.5 Å². The number of nitrogens with zero attached hydrogens (tertiary/aromatic N) is 2. The lowest BCUT2D eigenvalue weighted by Gasteiger charge is -2.22. The number of aromatic nitrogens is 2. The van der Waals surface area contributed by atoms with Crippen LogP contribution in [0.2, 0.25) is 0 Å². The summed E-state index contributed by atoms with van der Waals surface area (Å²) in [5.74, 6) is 0. The summed E-state index contributed by atoms with van der Waals surface area (Å²) < 4.78 is 1.98. The first-order valence-electron chi connectivity index (χ1n) is 4.66. The lowest BCUT2D eigenvalue weighted by molar-refractivity contribution is 0.686. The van der Waals surface area contributed by atoms with E-state index in [9.17, 15) is 0 Å². The molecule has 0 radical (unpaired) electrons. The summed E-state index contributed by atoms with van der Waals surface area (Å²) in [6.07, 6.45) is 1.21. The molecule has 2 heterocycles. The molecule has 13 heavy (non-hydrogen) atoms. The minimum absolute atomic E-state index is 0.697. The molecule has 1 aliphatic heterocycles. The van der Waals surface area contributed by atoms with Crippen molar-refractivity contribution in [1.82, 2.24) is 9.78 Å². The molecule has 1 aromatic heterocycles. The maximum Gasteiger partial charge on any atom is 0.117 e. The van der Waals surface area contributed by atoms with Crippen LogP contribution in [0.1, 0.15) is 19.0 Å². The number of thioether (sulfide) groups is 1. The SMILES string of the molecule is CCC1CNc2c(C)nn(C)c2S1. The van der Waals surface area contributed by atoms with E-state index in [0.29, 0.717) is 5.25 Å². The van der Waals surface area contributed by atoms with Crippen LogP contribution < -0.4 is 5.32 Å². The summed E-state index contributed by atoms with van der Waals surface area (Å²) in [5, 5.41) is 9.83. The first-order valence-corrected chi connectivity index (χ1v) is 5.54. The van der Waals surface area contributed by atoms with Gasteiger partial charge in [0.2, 0.25) is 0 Å². The highest BCUT2D eigenvalue weighted by molar-refractivity contribution is 8.00. The van der Waals surface area contributed by atoms with E-state index in [2.05, 4.69) is 24.3 Å². The summed E-state index contributed by atoms with van der Waals surface area (Å²) >= 11 is 1.94. The maximum absolute atomic E-state index is 4.39. The molecule has 0 saturated carbocycles. The van der Waals surface area contributed by atoms with Gasteiger partial charge in [-0.15, -0.1) is 0 Å². The lowest BCUT2D eigenvalue weighted by Crippen LogP contribution is -2.21. The molecular weight excluding hydrogens is 182 g/mol. The van der Waals surface area contributed by atoms with Crippen LogP contribution in [0.5, 0.6) is 0 Å². The summed E-state index contributed by atoms with van der Waals surface area (Å²) in [6, 6.07) is 0. The summed E-state index contributed by atoms with van der Waals surface area (Å²) in [7, 11) is 2.01. The first kappa shape index (κ1) is 8.94. The molecule has 1 aromatic rings. The van der Waals surface area contributed by atoms with Crippen molar-refractivity contribution in [2.75, 3.05) is 11.9 Å². The quantitative estimate of drug-likeness (QED) is 0.747. The van der Waals surface area contributed by atoms with E-state index in [1.54, 1.807) is 0 Å². The van der Waals surface area contributed by atoms with Gasteiger partial charge in [0.1, 0.15) is 5.03 Å². The minimum atomic E-state index is 0.697. The van der Waals surface area contributed by atoms with Crippen molar-refractivity contribution in [3.8, 4) is 0 Å². The molecule has 1 aliphatic rings. The highest BCUT2D eigenvalue weighted by atomic mass is 32.2. The third kappa shape index (κ3) is 1.43. The summed E-state index contributed by atoms with van der Waals surface area (Å²) in [6.45, 7) is 5.35. The van der Waals surface area contributed by atoms with Gasteiger partial charge in [-0.2, -0.15) is 5.10 Å². The molecule has 2 rings (SSSR count). The van der Waals surface area contributed by atoms with Crippen molar-refractivity contribution in [3.05, 3.63) is 5.69 Å². The third-order valence-corrected chi connectivity index (χ3v) is 3.93. The van der Waals surface area contributed by atoms with Crippen LogP contribution in [0.15, 0.2) is 5.03 Å². The highest BCUT2D eigenvalue weighted by Crippen LogP contribution is 2.37. The van der Waals surface area contributed by atoms with Crippen molar-refractivity contribution in [1.29, 1.82) is 0 Å². The second-order valence-electron chi connectivity index (χ2n) is 3.42. The van der Waals surface area contributed by atoms with E-state index in [1.165, 1.54) is 17.1 Å². The zero-order valence-corrected chi connectivity index (χ0v) is 9.11. The average molecular weight is 197 g/mol. The largest absolute Gasteiger partial charge is 0.380 e. The Labute approximate surface area is 82.9 Å². The van der Waals surface area contributed by atoms with Gasteiger partial charge < -0.3 is 5.32 Å². The Morgan fingerprint density at radius 3 is 3.15 bits per heavy atom. The third-order valence-electron chi connectivity index (χ3n) is 2.41. The van der Waals surface area contributed by atoms with Gasteiger partial charge in [-0.05, 0) is 13.3 Å². The molecule has 1 unspecified atom stereocenters. The smallest absolute Gasteiger partial charge is 0.117 e. The standard InChI is InChI=1S/C9H15N3S/c1-4-7-5-10-8-6(2)11-12(3)9(8)13-7/h7,10H,4-5H2,1-3H3. The van der Waals surface area contributed by atoms with Gasteiger partial charge >= 0.3 is 0 Å². The fraction of sp³-hybridized carbons (Fsp3) is 0.667. The number of hydrogen-bond donors (Lipinski definition) is 1. The van der Waals surface area contributed by atoms with Crippen molar-refractivity contribution in [3.63, 3.8) is 0 Å². The topological polar surface area (TPSA) is 29.9 Å². The fourth-order valence-electron chi connectivity index (χ4n) is 1.62. The Kier molecular flexibility index (Phi) is 2.24. The monoisotopic (exact) mass is 197 g/mol. The number of fused-ring (bicyclic) bond motifs is 1. The Balaban J connectivity index is 2.33. The van der Waals surface area contributed by atoms with Gasteiger partial charge in [-0.3, -0.25) is 4.68 Å². The van der Waals surface area contributed by atoms with Crippen LogP contribution in [0.4, 0.5) is 5.69 Å². The molecular formula is C9H15N3S. The van der Waals surface area contributed by atoms with Crippen molar-refractivity contribution >= 4 is 17.4 Å². The number of anilines is 1. The van der Waals surface area contributed by atoms with Gasteiger partial charge in [0.15, 0.2) is 0 Å². The first-order chi connectivity index (χ1) is 6.22. The summed E-state index contributed by atoms with van der Waals surface area (Å²) in [5.41, 5.74) is 2.34. The zero-order valence-electron chi connectivity index (χ0n) is 8.29. The molecule has 0 spiro atoms. The molecule has 0 aromatic carbocycles. The van der Waals surface area contributed by atoms with E-state index >= 15 is 0 Å². The van der Waals surface area contributed by atoms with E-state index in [4.69, 9.17) is 0 Å². The Bertz CT molecular complexity index is 319. The second-order valence-corrected chi connectivity index (χ2v) is 4.71. The molecule has 0 fully saturated rings. The Hall–Kier alpha value is -0.640. The lowest BCUT2D eigenvalue weighted by atomic mass is 10.3. The van der Waals surface area contributed by atoms with Crippen LogP contribution in [-0.2, 0) is 7.05 Å². The van der Waals surface area contributed by atoms with Crippen LogP contribution in [0.25, 0.3) is 0 Å². The molecule has 3 nitrogen and oxygen atoms in total. The van der Waals surface area contributed by atoms with E-state index in [1.807, 2.05) is 23.5 Å². The number of aryl methyl sites for hydroxylation is 2. The predicted molar refractivity (Wildman–Crippen MR) is 56.4 cm³/mol. The van der Waals surface area contributed by atoms with Gasteiger partial charge in [-0.25, -0.2) is 0 Å². The number of rotatable bonds is 1. The van der Waals surface area contributed by atoms with Crippen LogP contribution in [0, 0.1) is 6.92 Å². The molecule has 0 saturated heterocycles. The van der Waals surface area contributed by atoms with E-state index in [0.717, 1.165) is 12.2 Å². The van der Waals surface area contributed by atoms with E-state index < -0.39 is 0 Å². The molecule has 1 N–H and O–H groups in total. The Morgan fingerprint density at radius 2 is 2.46 bits per heavy atom. The fourth-order valence-corrected chi connectivity index (χ4v) is 2.80. The van der Waals surface area contributed by atoms with Crippen molar-refractivity contribution < 1.29 is 0 Å². The molecule has 0 aliphatic carbocycles. The van der Waals surface area contributed by atoms with Crippen LogP contribution in [0.3, 0.4) is 0 Å². The van der Waals surface area contributed by atoms with Crippen molar-refractivity contribution in [2.24, 2.45) is 7.05 Å². The normalized spacial score (nSPS) is 21.0. The van der Waals surface area contributed by atoms with Crippen LogP contribution >= 0.6 is 11.8 Å². The minimum Gasteiger partial charge on any atom is -0.380 e. The zero-order chi connectivity index (χ0) is 9.42. The molecule has 0 bridgehead atoms. The maximum atomic E-state index is 4.39. The van der Waals surface area contributed by atoms with Gasteiger partial charge in [0.25, 0.3) is 0 Å². The Morgan fingerprint density at radius 1 is 1.69 bits per heavy atom. The molecule has 72 valence electrons. The molecule has 1 atom stereocenters. The van der Waals surface area contributed by atoms with Gasteiger partial charge in [0, 0.05) is 18.8 Å². The molecule has 4 heteroatoms. The van der Waals surface area contributed by atoms with E-state index in [-0.39, 0.29) is 0 Å². The molecule has 0 amide bonds.